The van der Waals surface area contributed by atoms with E-state index in [-0.39, 0.29) is 28.4 Å². The number of imidazole rings is 1. The summed E-state index contributed by atoms with van der Waals surface area (Å²) in [6.07, 6.45) is 9.76. The van der Waals surface area contributed by atoms with Crippen LogP contribution in [0.4, 0.5) is 4.39 Å². The zero-order valence-corrected chi connectivity index (χ0v) is 17.2. The minimum atomic E-state index is -0.459. The average Bonchev–Trinajstić information content (AvgIpc) is 3.10. The van der Waals surface area contributed by atoms with Crippen LogP contribution in [0.3, 0.4) is 0 Å². The number of aromatic amines is 3. The standard InChI is InChI=1S/C21H22ClFN4O2/c1-21(2,3)18-16(24-11-25-18)10-17-20(29)26-15(19(28)27-17)6-4-5-12-9-13(23)7-8-14(12)22/h4-6,9-11H,7-8H2,1-3H3,(H,24,25)(H,26,29)(H,27,28)/b5-4+,15-6-,17-10-. The van der Waals surface area contributed by atoms with E-state index in [4.69, 9.17) is 11.6 Å². The summed E-state index contributed by atoms with van der Waals surface area (Å²) in [6.45, 7) is 6.05. The Hall–Kier alpha value is -2.93. The first-order valence-corrected chi connectivity index (χ1v) is 9.54. The van der Waals surface area contributed by atoms with Gasteiger partial charge < -0.3 is 15.0 Å². The van der Waals surface area contributed by atoms with Crippen molar-refractivity contribution in [2.75, 3.05) is 0 Å². The topological polar surface area (TPSA) is 94.4 Å². The fraction of sp³-hybridized carbons (Fsp3) is 0.286. The van der Waals surface area contributed by atoms with E-state index in [1.165, 1.54) is 18.2 Å². The van der Waals surface area contributed by atoms with Crippen LogP contribution in [-0.4, -0.2) is 19.9 Å². The molecule has 1 aliphatic carbocycles. The molecule has 1 aliphatic rings. The summed E-state index contributed by atoms with van der Waals surface area (Å²) in [5.41, 5.74) is 0.879. The highest BCUT2D eigenvalue weighted by Crippen LogP contribution is 2.27. The first-order valence-electron chi connectivity index (χ1n) is 9.16. The van der Waals surface area contributed by atoms with Gasteiger partial charge in [-0.25, -0.2) is 9.37 Å². The SMILES string of the molecule is CC(C)(C)c1[nH]cnc1/C=c1\[nH]c(=O)/c(=C/C=C/C2=C(Cl)CCC(F)=C2)[nH]c1=O. The molecular formula is C21H22ClFN4O2. The summed E-state index contributed by atoms with van der Waals surface area (Å²) in [5.74, 6) is -0.242. The fourth-order valence-electron chi connectivity index (χ4n) is 2.94. The van der Waals surface area contributed by atoms with Gasteiger partial charge in [-0.3, -0.25) is 9.59 Å². The Morgan fingerprint density at radius 3 is 2.55 bits per heavy atom. The molecule has 29 heavy (non-hydrogen) atoms. The van der Waals surface area contributed by atoms with Crippen molar-refractivity contribution in [3.05, 3.63) is 83.8 Å². The maximum absolute atomic E-state index is 13.4. The summed E-state index contributed by atoms with van der Waals surface area (Å²) < 4.78 is 13.4. The molecule has 0 saturated heterocycles. The highest BCUT2D eigenvalue weighted by molar-refractivity contribution is 6.30. The van der Waals surface area contributed by atoms with Crippen LogP contribution in [0.25, 0.3) is 12.2 Å². The third-order valence-electron chi connectivity index (χ3n) is 4.43. The zero-order chi connectivity index (χ0) is 21.2. The summed E-state index contributed by atoms with van der Waals surface area (Å²) in [6, 6.07) is 0. The van der Waals surface area contributed by atoms with E-state index in [0.29, 0.717) is 22.7 Å². The molecule has 2 aromatic rings. The lowest BCUT2D eigenvalue weighted by Gasteiger charge is -2.16. The van der Waals surface area contributed by atoms with Gasteiger partial charge in [0, 0.05) is 22.6 Å². The number of H-pyrrole nitrogens is 3. The molecule has 0 atom stereocenters. The van der Waals surface area contributed by atoms with Crippen molar-refractivity contribution >= 4 is 23.8 Å². The van der Waals surface area contributed by atoms with Crippen LogP contribution in [-0.2, 0) is 5.41 Å². The van der Waals surface area contributed by atoms with Crippen LogP contribution >= 0.6 is 11.6 Å². The molecule has 0 unspecified atom stereocenters. The lowest BCUT2D eigenvalue weighted by Crippen LogP contribution is -2.46. The Bertz CT molecular complexity index is 1250. The van der Waals surface area contributed by atoms with Gasteiger partial charge in [0.2, 0.25) is 0 Å². The van der Waals surface area contributed by atoms with Gasteiger partial charge in [-0.15, -0.1) is 0 Å². The van der Waals surface area contributed by atoms with Crippen LogP contribution in [0.1, 0.15) is 45.0 Å². The summed E-state index contributed by atoms with van der Waals surface area (Å²) >= 11 is 6.08. The van der Waals surface area contributed by atoms with Crippen LogP contribution in [0.5, 0.6) is 0 Å². The van der Waals surface area contributed by atoms with Gasteiger partial charge in [0.15, 0.2) is 0 Å². The van der Waals surface area contributed by atoms with Gasteiger partial charge in [0.1, 0.15) is 16.5 Å². The molecule has 6 nitrogen and oxygen atoms in total. The first-order chi connectivity index (χ1) is 13.6. The molecule has 3 rings (SSSR count). The van der Waals surface area contributed by atoms with Crippen LogP contribution in [0.15, 0.2) is 50.6 Å². The van der Waals surface area contributed by atoms with Crippen molar-refractivity contribution in [1.82, 2.24) is 19.9 Å². The highest BCUT2D eigenvalue weighted by atomic mass is 35.5. The third kappa shape index (κ3) is 4.92. The number of aromatic nitrogens is 4. The lowest BCUT2D eigenvalue weighted by atomic mass is 9.90. The number of allylic oxidation sites excluding steroid dienone is 6. The number of halogens is 2. The lowest BCUT2D eigenvalue weighted by molar-refractivity contribution is 0.571. The molecule has 0 amide bonds. The third-order valence-corrected chi connectivity index (χ3v) is 4.84. The Labute approximate surface area is 171 Å². The van der Waals surface area contributed by atoms with E-state index < -0.39 is 11.1 Å². The second-order valence-electron chi connectivity index (χ2n) is 7.77. The van der Waals surface area contributed by atoms with Crippen molar-refractivity contribution in [3.63, 3.8) is 0 Å². The minimum Gasteiger partial charge on any atom is -0.348 e. The molecule has 0 aliphatic heterocycles. The highest BCUT2D eigenvalue weighted by Gasteiger charge is 2.19. The van der Waals surface area contributed by atoms with Crippen molar-refractivity contribution in [1.29, 1.82) is 0 Å². The second kappa shape index (κ2) is 8.21. The second-order valence-corrected chi connectivity index (χ2v) is 8.23. The minimum absolute atomic E-state index is 0.0819. The summed E-state index contributed by atoms with van der Waals surface area (Å²) in [7, 11) is 0. The number of nitrogens with zero attached hydrogens (tertiary/aromatic N) is 1. The number of hydrogen-bond acceptors (Lipinski definition) is 3. The summed E-state index contributed by atoms with van der Waals surface area (Å²) in [5, 5.41) is 0.743. The smallest absolute Gasteiger partial charge is 0.272 e. The normalized spacial score (nSPS) is 16.8. The van der Waals surface area contributed by atoms with Gasteiger partial charge in [0.25, 0.3) is 11.1 Å². The van der Waals surface area contributed by atoms with Gasteiger partial charge in [0.05, 0.1) is 12.0 Å². The maximum atomic E-state index is 13.4. The van der Waals surface area contributed by atoms with Gasteiger partial charge in [-0.05, 0) is 30.2 Å². The monoisotopic (exact) mass is 416 g/mol. The molecule has 3 N–H and O–H groups in total. The van der Waals surface area contributed by atoms with E-state index in [0.717, 1.165) is 5.69 Å². The van der Waals surface area contributed by atoms with E-state index in [2.05, 4.69) is 19.9 Å². The molecule has 0 saturated carbocycles. The number of hydrogen-bond donors (Lipinski definition) is 3. The van der Waals surface area contributed by atoms with Crippen LogP contribution in [0, 0.1) is 0 Å². The van der Waals surface area contributed by atoms with Gasteiger partial charge >= 0.3 is 0 Å². The first kappa shape index (κ1) is 20.8. The van der Waals surface area contributed by atoms with Crippen molar-refractivity contribution in [3.8, 4) is 0 Å². The molecule has 0 radical (unpaired) electrons. The fourth-order valence-corrected chi connectivity index (χ4v) is 3.15. The number of rotatable bonds is 3. The Morgan fingerprint density at radius 2 is 1.83 bits per heavy atom. The van der Waals surface area contributed by atoms with E-state index in [1.54, 1.807) is 18.5 Å². The van der Waals surface area contributed by atoms with Crippen molar-refractivity contribution in [2.24, 2.45) is 0 Å². The molecule has 2 aromatic heterocycles. The summed E-state index contributed by atoms with van der Waals surface area (Å²) in [4.78, 5) is 37.2. The molecule has 152 valence electrons. The van der Waals surface area contributed by atoms with Crippen LogP contribution in [0.2, 0.25) is 0 Å². The maximum Gasteiger partial charge on any atom is 0.272 e. The van der Waals surface area contributed by atoms with E-state index in [1.807, 2.05) is 20.8 Å². The largest absolute Gasteiger partial charge is 0.348 e. The Kier molecular flexibility index (Phi) is 5.88. The Morgan fingerprint density at radius 1 is 1.14 bits per heavy atom. The molecular weight excluding hydrogens is 395 g/mol. The number of nitrogens with one attached hydrogen (secondary N) is 3. The molecule has 0 bridgehead atoms. The molecule has 0 aromatic carbocycles. The van der Waals surface area contributed by atoms with Crippen LogP contribution < -0.4 is 21.8 Å². The van der Waals surface area contributed by atoms with E-state index in [9.17, 15) is 14.0 Å². The van der Waals surface area contributed by atoms with Gasteiger partial charge in [-0.1, -0.05) is 44.5 Å². The zero-order valence-electron chi connectivity index (χ0n) is 16.4. The molecule has 0 spiro atoms. The molecule has 8 heteroatoms. The average molecular weight is 417 g/mol. The van der Waals surface area contributed by atoms with Crippen molar-refractivity contribution in [2.45, 2.75) is 39.0 Å². The van der Waals surface area contributed by atoms with Gasteiger partial charge in [-0.2, -0.15) is 0 Å². The quantitative estimate of drug-likeness (QED) is 0.717. The van der Waals surface area contributed by atoms with E-state index >= 15 is 0 Å². The molecule has 2 heterocycles. The predicted octanol–water partition coefficient (Wildman–Crippen LogP) is 2.39. The predicted molar refractivity (Wildman–Crippen MR) is 113 cm³/mol. The Balaban J connectivity index is 1.98. The van der Waals surface area contributed by atoms with Crippen molar-refractivity contribution < 1.29 is 4.39 Å². The molecule has 0 fully saturated rings.